The molecule has 0 saturated carbocycles. The van der Waals surface area contributed by atoms with E-state index in [0.717, 1.165) is 0 Å². The molecule has 0 aliphatic rings. The summed E-state index contributed by atoms with van der Waals surface area (Å²) >= 11 is 2.61. The normalized spacial score (nSPS) is 15.3. The number of halogens is 10. The van der Waals surface area contributed by atoms with Crippen molar-refractivity contribution in [1.29, 1.82) is 0 Å². The molecule has 110 valence electrons. The summed E-state index contributed by atoms with van der Waals surface area (Å²) in [5.41, 5.74) is 0. The van der Waals surface area contributed by atoms with Crippen LogP contribution in [0.2, 0.25) is 0 Å². The Labute approximate surface area is 125 Å². The molecule has 0 unspecified atom stereocenters. The Balaban J connectivity index is 5.49. The molecule has 0 aromatic rings. The lowest BCUT2D eigenvalue weighted by Crippen LogP contribution is -2.62. The van der Waals surface area contributed by atoms with E-state index in [4.69, 9.17) is 0 Å². The van der Waals surface area contributed by atoms with Crippen molar-refractivity contribution in [3.05, 3.63) is 0 Å². The van der Waals surface area contributed by atoms with E-state index in [2.05, 4.69) is 0 Å². The van der Waals surface area contributed by atoms with Gasteiger partial charge >= 0.3 is 23.7 Å². The van der Waals surface area contributed by atoms with Gasteiger partial charge in [-0.05, 0) is 0 Å². The molecular formula is C8H8F8I2. The van der Waals surface area contributed by atoms with Crippen molar-refractivity contribution in [3.8, 4) is 0 Å². The van der Waals surface area contributed by atoms with Gasteiger partial charge in [-0.3, -0.25) is 0 Å². The van der Waals surface area contributed by atoms with Crippen LogP contribution >= 0.6 is 45.2 Å². The maximum Gasteiger partial charge on any atom is 0.378 e. The Morgan fingerprint density at radius 3 is 1.39 bits per heavy atom. The predicted octanol–water partition coefficient (Wildman–Crippen LogP) is 5.52. The second kappa shape index (κ2) is 5.72. The third kappa shape index (κ3) is 3.32. The highest BCUT2D eigenvalue weighted by atomic mass is 127. The second-order valence-corrected chi connectivity index (χ2v) is 8.90. The first-order chi connectivity index (χ1) is 7.73. The molecule has 0 rings (SSSR count). The first-order valence-electron chi connectivity index (χ1n) is 4.52. The van der Waals surface area contributed by atoms with E-state index in [1.807, 2.05) is 0 Å². The highest BCUT2D eigenvalue weighted by Crippen LogP contribution is 2.55. The zero-order valence-corrected chi connectivity index (χ0v) is 13.1. The highest BCUT2D eigenvalue weighted by Gasteiger charge is 2.79. The molecule has 0 aromatic carbocycles. The van der Waals surface area contributed by atoms with E-state index in [0.29, 0.717) is 6.92 Å². The van der Waals surface area contributed by atoms with Gasteiger partial charge in [-0.25, -0.2) is 0 Å². The maximum absolute atomic E-state index is 13.0. The van der Waals surface area contributed by atoms with E-state index in [-0.39, 0.29) is 0 Å². The zero-order valence-electron chi connectivity index (χ0n) is 8.77. The van der Waals surface area contributed by atoms with E-state index < -0.39 is 38.5 Å². The minimum atomic E-state index is -6.12. The van der Waals surface area contributed by atoms with E-state index in [1.54, 1.807) is 0 Å². The van der Waals surface area contributed by atoms with Crippen molar-refractivity contribution in [2.24, 2.45) is 0 Å². The fourth-order valence-electron chi connectivity index (χ4n) is 1.00. The Morgan fingerprint density at radius 1 is 0.778 bits per heavy atom. The van der Waals surface area contributed by atoms with Gasteiger partial charge < -0.3 is 0 Å². The van der Waals surface area contributed by atoms with Crippen LogP contribution in [-0.2, 0) is 0 Å². The van der Waals surface area contributed by atoms with Gasteiger partial charge in [-0.1, -0.05) is 52.1 Å². The molecule has 10 heteroatoms. The van der Waals surface area contributed by atoms with Gasteiger partial charge in [-0.2, -0.15) is 35.1 Å². The topological polar surface area (TPSA) is 0 Å². The van der Waals surface area contributed by atoms with Gasteiger partial charge in [-0.15, -0.1) is 0 Å². The SMILES string of the molecule is CCC(F)(F)C(F)(F)C(F)(F)C(F)(F)CC(I)I. The monoisotopic (exact) mass is 510 g/mol. The number of alkyl halides is 10. The summed E-state index contributed by atoms with van der Waals surface area (Å²) in [6.45, 7) is 0.515. The molecule has 0 aliphatic carbocycles. The molecule has 0 nitrogen and oxygen atoms in total. The molecule has 0 aromatic heterocycles. The second-order valence-electron chi connectivity index (χ2n) is 3.51. The summed E-state index contributed by atoms with van der Waals surface area (Å²) < 4.78 is 102. The van der Waals surface area contributed by atoms with Gasteiger partial charge in [0.05, 0.1) is 1.93 Å². The molecular weight excluding hydrogens is 502 g/mol. The molecule has 0 heterocycles. The van der Waals surface area contributed by atoms with Gasteiger partial charge in [0.15, 0.2) is 0 Å². The first-order valence-corrected chi connectivity index (χ1v) is 7.01. The van der Waals surface area contributed by atoms with Crippen LogP contribution in [0.4, 0.5) is 35.1 Å². The molecule has 0 bridgehead atoms. The summed E-state index contributed by atoms with van der Waals surface area (Å²) in [7, 11) is 0. The van der Waals surface area contributed by atoms with Crippen LogP contribution < -0.4 is 0 Å². The highest BCUT2D eigenvalue weighted by molar-refractivity contribution is 14.2. The van der Waals surface area contributed by atoms with Crippen LogP contribution in [0.15, 0.2) is 0 Å². The molecule has 0 amide bonds. The van der Waals surface area contributed by atoms with Crippen LogP contribution in [-0.4, -0.2) is 25.6 Å². The maximum atomic E-state index is 13.0. The van der Waals surface area contributed by atoms with E-state index in [9.17, 15) is 35.1 Å². The average molecular weight is 510 g/mol. The summed E-state index contributed by atoms with van der Waals surface area (Å²) in [5.74, 6) is -22.7. The van der Waals surface area contributed by atoms with Crippen LogP contribution in [0.1, 0.15) is 19.8 Å². The Kier molecular flexibility index (Phi) is 6.00. The molecule has 0 atom stereocenters. The lowest BCUT2D eigenvalue weighted by atomic mass is 9.96. The summed E-state index contributed by atoms with van der Waals surface area (Å²) in [4.78, 5) is 0. The number of rotatable bonds is 6. The van der Waals surface area contributed by atoms with Crippen molar-refractivity contribution >= 4 is 45.2 Å². The van der Waals surface area contributed by atoms with Crippen LogP contribution in [0, 0.1) is 0 Å². The standard InChI is InChI=1S/C8H8F8I2/c1-2-5(9,10)7(13,14)8(15,16)6(11,12)3-4(17)18/h4H,2-3H2,1H3. The minimum absolute atomic E-state index is 0.515. The minimum Gasteiger partial charge on any atom is -0.200 e. The molecule has 0 fully saturated rings. The Hall–Kier alpha value is 0.900. The van der Waals surface area contributed by atoms with Gasteiger partial charge in [0, 0.05) is 12.8 Å². The fourth-order valence-corrected chi connectivity index (χ4v) is 2.11. The predicted molar refractivity (Wildman–Crippen MR) is 66.5 cm³/mol. The molecule has 18 heavy (non-hydrogen) atoms. The van der Waals surface area contributed by atoms with Gasteiger partial charge in [0.25, 0.3) is 0 Å². The molecule has 0 saturated heterocycles. The molecule has 0 aliphatic heterocycles. The van der Waals surface area contributed by atoms with Crippen molar-refractivity contribution in [3.63, 3.8) is 0 Å². The molecule has 0 radical (unpaired) electrons. The lowest BCUT2D eigenvalue weighted by Gasteiger charge is -2.36. The van der Waals surface area contributed by atoms with Gasteiger partial charge in [0.1, 0.15) is 0 Å². The van der Waals surface area contributed by atoms with Crippen molar-refractivity contribution < 1.29 is 35.1 Å². The van der Waals surface area contributed by atoms with Crippen molar-refractivity contribution in [2.75, 3.05) is 0 Å². The molecule has 0 spiro atoms. The average Bonchev–Trinajstić information content (AvgIpc) is 2.14. The van der Waals surface area contributed by atoms with Gasteiger partial charge in [0.2, 0.25) is 0 Å². The van der Waals surface area contributed by atoms with Crippen LogP contribution in [0.5, 0.6) is 0 Å². The third-order valence-corrected chi connectivity index (χ3v) is 3.05. The summed E-state index contributed by atoms with van der Waals surface area (Å²) in [6.07, 6.45) is -3.29. The lowest BCUT2D eigenvalue weighted by molar-refractivity contribution is -0.366. The fraction of sp³-hybridized carbons (Fsp3) is 1.00. The van der Waals surface area contributed by atoms with Crippen molar-refractivity contribution in [2.45, 2.75) is 45.4 Å². The number of hydrogen-bond acceptors (Lipinski definition) is 0. The Morgan fingerprint density at radius 2 is 1.11 bits per heavy atom. The zero-order chi connectivity index (χ0) is 15.0. The Bertz CT molecular complexity index is 289. The number of hydrogen-bond donors (Lipinski definition) is 0. The summed E-state index contributed by atoms with van der Waals surface area (Å²) in [6, 6.07) is 0. The first kappa shape index (κ1) is 18.9. The van der Waals surface area contributed by atoms with Crippen molar-refractivity contribution in [1.82, 2.24) is 0 Å². The van der Waals surface area contributed by atoms with Crippen LogP contribution in [0.25, 0.3) is 0 Å². The van der Waals surface area contributed by atoms with E-state index >= 15 is 0 Å². The van der Waals surface area contributed by atoms with E-state index in [1.165, 1.54) is 45.2 Å². The molecule has 0 N–H and O–H groups in total. The smallest absolute Gasteiger partial charge is 0.200 e. The quantitative estimate of drug-likeness (QED) is 0.251. The third-order valence-electron chi connectivity index (χ3n) is 2.17. The van der Waals surface area contributed by atoms with Crippen LogP contribution in [0.3, 0.4) is 0 Å². The summed E-state index contributed by atoms with van der Waals surface area (Å²) in [5, 5.41) is 0. The largest absolute Gasteiger partial charge is 0.378 e.